The predicted octanol–water partition coefficient (Wildman–Crippen LogP) is 2.20. The quantitative estimate of drug-likeness (QED) is 0.733. The van der Waals surface area contributed by atoms with Crippen molar-refractivity contribution in [1.82, 2.24) is 14.9 Å². The van der Waals surface area contributed by atoms with Crippen molar-refractivity contribution in [3.05, 3.63) is 65.0 Å². The molecule has 1 amide bonds. The molecule has 23 heavy (non-hydrogen) atoms. The Morgan fingerprint density at radius 2 is 2.22 bits per heavy atom. The van der Waals surface area contributed by atoms with Gasteiger partial charge in [0, 0.05) is 30.4 Å². The maximum Gasteiger partial charge on any atom is 0.349 e. The van der Waals surface area contributed by atoms with Crippen LogP contribution in [-0.4, -0.2) is 21.5 Å². The zero-order valence-electron chi connectivity index (χ0n) is 12.7. The van der Waals surface area contributed by atoms with Gasteiger partial charge in [0.2, 0.25) is 0 Å². The van der Waals surface area contributed by atoms with Crippen LogP contribution in [0.5, 0.6) is 0 Å². The first kappa shape index (κ1) is 15.0. The molecule has 0 bridgehead atoms. The summed E-state index contributed by atoms with van der Waals surface area (Å²) in [5, 5.41) is 3.60. The second-order valence-corrected chi connectivity index (χ2v) is 5.32. The Morgan fingerprint density at radius 3 is 2.96 bits per heavy atom. The number of benzene rings is 1. The van der Waals surface area contributed by atoms with E-state index in [2.05, 4.69) is 10.3 Å². The zero-order valence-corrected chi connectivity index (χ0v) is 12.7. The largest absolute Gasteiger partial charge is 0.422 e. The number of nitrogens with one attached hydrogen (secondary N) is 1. The van der Waals surface area contributed by atoms with Gasteiger partial charge in [-0.2, -0.15) is 0 Å². The van der Waals surface area contributed by atoms with E-state index in [1.165, 1.54) is 0 Å². The smallest absolute Gasteiger partial charge is 0.349 e. The summed E-state index contributed by atoms with van der Waals surface area (Å²) >= 11 is 0. The van der Waals surface area contributed by atoms with Gasteiger partial charge in [0.1, 0.15) is 11.1 Å². The molecule has 1 N–H and O–H groups in total. The Bertz CT molecular complexity index is 868. The van der Waals surface area contributed by atoms with Crippen molar-refractivity contribution in [1.29, 1.82) is 0 Å². The predicted molar refractivity (Wildman–Crippen MR) is 86.3 cm³/mol. The number of hydrogen-bond acceptors (Lipinski definition) is 4. The van der Waals surface area contributed by atoms with E-state index in [1.807, 2.05) is 23.8 Å². The van der Waals surface area contributed by atoms with Crippen LogP contribution in [-0.2, 0) is 6.54 Å². The molecule has 3 rings (SSSR count). The van der Waals surface area contributed by atoms with Crippen molar-refractivity contribution in [2.24, 2.45) is 0 Å². The Hall–Kier alpha value is -2.89. The minimum absolute atomic E-state index is 0.0211. The van der Waals surface area contributed by atoms with Crippen LogP contribution in [0.4, 0.5) is 0 Å². The van der Waals surface area contributed by atoms with E-state index in [-0.39, 0.29) is 11.6 Å². The summed E-state index contributed by atoms with van der Waals surface area (Å²) < 4.78 is 7.09. The van der Waals surface area contributed by atoms with Crippen molar-refractivity contribution in [3.8, 4) is 0 Å². The lowest BCUT2D eigenvalue weighted by Crippen LogP contribution is -2.39. The summed E-state index contributed by atoms with van der Waals surface area (Å²) in [5.74, 6) is -0.420. The third kappa shape index (κ3) is 3.31. The molecule has 3 aromatic rings. The lowest BCUT2D eigenvalue weighted by molar-refractivity contribution is 0.0928. The number of nitrogens with zero attached hydrogens (tertiary/aromatic N) is 2. The van der Waals surface area contributed by atoms with Crippen LogP contribution in [0.2, 0.25) is 0 Å². The van der Waals surface area contributed by atoms with Gasteiger partial charge < -0.3 is 14.3 Å². The van der Waals surface area contributed by atoms with Crippen molar-refractivity contribution in [2.75, 3.05) is 0 Å². The van der Waals surface area contributed by atoms with Crippen LogP contribution in [0.3, 0.4) is 0 Å². The van der Waals surface area contributed by atoms with Gasteiger partial charge in [0.15, 0.2) is 0 Å². The van der Waals surface area contributed by atoms with Crippen LogP contribution in [0.25, 0.3) is 11.0 Å². The molecule has 6 nitrogen and oxygen atoms in total. The SMILES string of the molecule is CCC(Cn1ccnc1)NC(=O)c1cc2ccccc2oc1=O. The lowest BCUT2D eigenvalue weighted by Gasteiger charge is -2.17. The van der Waals surface area contributed by atoms with E-state index >= 15 is 0 Å². The highest BCUT2D eigenvalue weighted by Gasteiger charge is 2.17. The van der Waals surface area contributed by atoms with E-state index in [0.29, 0.717) is 12.1 Å². The Labute approximate surface area is 132 Å². The van der Waals surface area contributed by atoms with E-state index in [1.54, 1.807) is 36.8 Å². The van der Waals surface area contributed by atoms with Gasteiger partial charge in [-0.05, 0) is 18.6 Å². The third-order valence-corrected chi connectivity index (χ3v) is 3.70. The summed E-state index contributed by atoms with van der Waals surface area (Å²) in [5.41, 5.74) is -0.133. The molecule has 1 unspecified atom stereocenters. The fraction of sp³-hybridized carbons (Fsp3) is 0.235. The molecular weight excluding hydrogens is 294 g/mol. The van der Waals surface area contributed by atoms with Gasteiger partial charge >= 0.3 is 5.63 Å². The van der Waals surface area contributed by atoms with Crippen molar-refractivity contribution >= 4 is 16.9 Å². The molecule has 0 radical (unpaired) electrons. The minimum atomic E-state index is -0.626. The molecule has 0 saturated carbocycles. The summed E-state index contributed by atoms with van der Waals surface area (Å²) in [6, 6.07) is 8.59. The standard InChI is InChI=1S/C17H17N3O3/c1-2-13(10-20-8-7-18-11-20)19-16(21)14-9-12-5-3-4-6-15(12)23-17(14)22/h3-9,11,13H,2,10H2,1H3,(H,19,21). The van der Waals surface area contributed by atoms with Gasteiger partial charge in [-0.25, -0.2) is 9.78 Å². The molecule has 118 valence electrons. The van der Waals surface area contributed by atoms with E-state index in [9.17, 15) is 9.59 Å². The van der Waals surface area contributed by atoms with Gasteiger partial charge in [-0.3, -0.25) is 4.79 Å². The molecule has 1 aromatic carbocycles. The molecule has 0 aliphatic carbocycles. The molecule has 2 heterocycles. The Kier molecular flexibility index (Phi) is 4.23. The number of carbonyl (C=O) groups is 1. The fourth-order valence-corrected chi connectivity index (χ4v) is 2.41. The first-order chi connectivity index (χ1) is 11.2. The molecule has 0 spiro atoms. The average Bonchev–Trinajstić information content (AvgIpc) is 3.06. The number of aromatic nitrogens is 2. The average molecular weight is 311 g/mol. The van der Waals surface area contributed by atoms with Gasteiger partial charge in [-0.1, -0.05) is 25.1 Å². The van der Waals surface area contributed by atoms with Crippen LogP contribution in [0.1, 0.15) is 23.7 Å². The Balaban J connectivity index is 1.82. The number of para-hydroxylation sites is 1. The van der Waals surface area contributed by atoms with Crippen molar-refractivity contribution in [2.45, 2.75) is 25.9 Å². The number of carbonyl (C=O) groups excluding carboxylic acids is 1. The fourth-order valence-electron chi connectivity index (χ4n) is 2.41. The van der Waals surface area contributed by atoms with Crippen molar-refractivity contribution < 1.29 is 9.21 Å². The molecule has 2 aromatic heterocycles. The topological polar surface area (TPSA) is 77.1 Å². The monoisotopic (exact) mass is 311 g/mol. The van der Waals surface area contributed by atoms with E-state index in [0.717, 1.165) is 11.8 Å². The highest BCUT2D eigenvalue weighted by molar-refractivity contribution is 5.96. The van der Waals surface area contributed by atoms with Crippen molar-refractivity contribution in [3.63, 3.8) is 0 Å². The summed E-state index contributed by atoms with van der Waals surface area (Å²) in [4.78, 5) is 28.4. The Morgan fingerprint density at radius 1 is 1.39 bits per heavy atom. The van der Waals surface area contributed by atoms with Crippen LogP contribution in [0, 0.1) is 0 Å². The number of rotatable bonds is 5. The zero-order chi connectivity index (χ0) is 16.2. The van der Waals surface area contributed by atoms with Crippen LogP contribution < -0.4 is 10.9 Å². The maximum absolute atomic E-state index is 12.4. The summed E-state index contributed by atoms with van der Waals surface area (Å²) in [6.45, 7) is 2.58. The molecule has 0 aliphatic rings. The summed E-state index contributed by atoms with van der Waals surface area (Å²) in [7, 11) is 0. The van der Waals surface area contributed by atoms with Gasteiger partial charge in [0.05, 0.1) is 6.33 Å². The first-order valence-corrected chi connectivity index (χ1v) is 7.47. The summed E-state index contributed by atoms with van der Waals surface area (Å²) in [6.07, 6.45) is 5.95. The van der Waals surface area contributed by atoms with Crippen LogP contribution >= 0.6 is 0 Å². The van der Waals surface area contributed by atoms with Gasteiger partial charge in [-0.15, -0.1) is 0 Å². The molecule has 6 heteroatoms. The number of amides is 1. The highest BCUT2D eigenvalue weighted by atomic mass is 16.4. The maximum atomic E-state index is 12.4. The van der Waals surface area contributed by atoms with E-state index < -0.39 is 11.5 Å². The second-order valence-electron chi connectivity index (χ2n) is 5.32. The minimum Gasteiger partial charge on any atom is -0.422 e. The molecule has 1 atom stereocenters. The molecule has 0 saturated heterocycles. The number of imidazole rings is 1. The van der Waals surface area contributed by atoms with Gasteiger partial charge in [0.25, 0.3) is 5.91 Å². The first-order valence-electron chi connectivity index (χ1n) is 7.47. The van der Waals surface area contributed by atoms with Crippen LogP contribution in [0.15, 0.2) is 58.3 Å². The van der Waals surface area contributed by atoms with E-state index in [4.69, 9.17) is 4.42 Å². The number of fused-ring (bicyclic) bond motifs is 1. The third-order valence-electron chi connectivity index (χ3n) is 3.70. The number of hydrogen-bond donors (Lipinski definition) is 1. The lowest BCUT2D eigenvalue weighted by atomic mass is 10.1. The molecule has 0 aliphatic heterocycles. The molecule has 0 fully saturated rings. The second kappa shape index (κ2) is 6.48. The highest BCUT2D eigenvalue weighted by Crippen LogP contribution is 2.12. The molecular formula is C17H17N3O3. The normalized spacial score (nSPS) is 12.2.